The molecule has 1 atom stereocenters. The van der Waals surface area contributed by atoms with E-state index in [1.54, 1.807) is 6.07 Å². The van der Waals surface area contributed by atoms with Crippen LogP contribution in [0.1, 0.15) is 18.0 Å². The van der Waals surface area contributed by atoms with Crippen molar-refractivity contribution in [3.8, 4) is 0 Å². The fourth-order valence-electron chi connectivity index (χ4n) is 1.50. The molecule has 1 aromatic carbocycles. The van der Waals surface area contributed by atoms with Crippen LogP contribution in [-0.4, -0.2) is 20.6 Å². The van der Waals surface area contributed by atoms with E-state index in [2.05, 4.69) is 10.6 Å². The first-order valence-corrected chi connectivity index (χ1v) is 4.86. The van der Waals surface area contributed by atoms with Crippen LogP contribution in [0.25, 0.3) is 0 Å². The molecular formula is C11H17FN2. The molecule has 0 bridgehead atoms. The molecule has 0 aliphatic heterocycles. The molecule has 0 aliphatic carbocycles. The summed E-state index contributed by atoms with van der Waals surface area (Å²) >= 11 is 0. The molecule has 14 heavy (non-hydrogen) atoms. The third kappa shape index (κ3) is 2.79. The minimum absolute atomic E-state index is 0.0867. The van der Waals surface area contributed by atoms with Gasteiger partial charge in [-0.3, -0.25) is 0 Å². The van der Waals surface area contributed by atoms with Gasteiger partial charge in [0, 0.05) is 11.6 Å². The molecule has 0 amide bonds. The van der Waals surface area contributed by atoms with Crippen molar-refractivity contribution in [1.82, 2.24) is 10.6 Å². The lowest BCUT2D eigenvalue weighted by molar-refractivity contribution is 0.499. The van der Waals surface area contributed by atoms with Crippen LogP contribution in [0.4, 0.5) is 4.39 Å². The average Bonchev–Trinajstić information content (AvgIpc) is 2.21. The molecule has 1 unspecified atom stereocenters. The van der Waals surface area contributed by atoms with Crippen LogP contribution in [0.5, 0.6) is 0 Å². The smallest absolute Gasteiger partial charge is 0.127 e. The maximum Gasteiger partial charge on any atom is 0.127 e. The monoisotopic (exact) mass is 196 g/mol. The molecule has 0 saturated carbocycles. The first-order valence-electron chi connectivity index (χ1n) is 4.86. The Morgan fingerprint density at radius 2 is 2.00 bits per heavy atom. The highest BCUT2D eigenvalue weighted by atomic mass is 19.1. The molecule has 0 saturated heterocycles. The standard InChI is InChI=1S/C11H17FN2/c1-13-8-7-11(14-2)9-5-3-4-6-10(9)12/h3-6,11,13-14H,7-8H2,1-2H3. The minimum atomic E-state index is -0.136. The Hall–Kier alpha value is -0.930. The van der Waals surface area contributed by atoms with Crippen molar-refractivity contribution in [2.75, 3.05) is 20.6 Å². The molecular weight excluding hydrogens is 179 g/mol. The average molecular weight is 196 g/mol. The Balaban J connectivity index is 2.73. The highest BCUT2D eigenvalue weighted by molar-refractivity contribution is 5.21. The quantitative estimate of drug-likeness (QED) is 0.749. The summed E-state index contributed by atoms with van der Waals surface area (Å²) in [6.45, 7) is 0.875. The Morgan fingerprint density at radius 3 is 2.57 bits per heavy atom. The van der Waals surface area contributed by atoms with Crippen LogP contribution in [0.3, 0.4) is 0 Å². The molecule has 0 spiro atoms. The predicted octanol–water partition coefficient (Wildman–Crippen LogP) is 1.70. The van der Waals surface area contributed by atoms with Crippen LogP contribution in [0, 0.1) is 5.82 Å². The lowest BCUT2D eigenvalue weighted by atomic mass is 10.0. The van der Waals surface area contributed by atoms with Crippen LogP contribution in [-0.2, 0) is 0 Å². The van der Waals surface area contributed by atoms with Crippen LogP contribution < -0.4 is 10.6 Å². The number of hydrogen-bond acceptors (Lipinski definition) is 2. The van der Waals surface area contributed by atoms with E-state index in [0.29, 0.717) is 0 Å². The van der Waals surface area contributed by atoms with E-state index >= 15 is 0 Å². The third-order valence-corrected chi connectivity index (χ3v) is 2.31. The van der Waals surface area contributed by atoms with Gasteiger partial charge in [-0.2, -0.15) is 0 Å². The van der Waals surface area contributed by atoms with Crippen LogP contribution >= 0.6 is 0 Å². The topological polar surface area (TPSA) is 24.1 Å². The van der Waals surface area contributed by atoms with Gasteiger partial charge in [-0.1, -0.05) is 18.2 Å². The summed E-state index contributed by atoms with van der Waals surface area (Å²) < 4.78 is 13.4. The molecule has 2 nitrogen and oxygen atoms in total. The highest BCUT2D eigenvalue weighted by Crippen LogP contribution is 2.18. The van der Waals surface area contributed by atoms with Crippen molar-refractivity contribution >= 4 is 0 Å². The molecule has 0 heterocycles. The second-order valence-corrected chi connectivity index (χ2v) is 3.26. The number of rotatable bonds is 5. The molecule has 78 valence electrons. The minimum Gasteiger partial charge on any atom is -0.320 e. The van der Waals surface area contributed by atoms with E-state index in [1.165, 1.54) is 6.07 Å². The lowest BCUT2D eigenvalue weighted by Gasteiger charge is -2.16. The van der Waals surface area contributed by atoms with Crippen molar-refractivity contribution in [2.24, 2.45) is 0 Å². The van der Waals surface area contributed by atoms with Gasteiger partial charge in [0.05, 0.1) is 0 Å². The summed E-state index contributed by atoms with van der Waals surface area (Å²) in [5, 5.41) is 6.17. The van der Waals surface area contributed by atoms with Crippen molar-refractivity contribution < 1.29 is 4.39 Å². The Kier molecular flexibility index (Phi) is 4.56. The summed E-state index contributed by atoms with van der Waals surface area (Å²) in [6, 6.07) is 6.99. The van der Waals surface area contributed by atoms with Gasteiger partial charge in [0.1, 0.15) is 5.82 Å². The van der Waals surface area contributed by atoms with Gasteiger partial charge < -0.3 is 10.6 Å². The zero-order valence-electron chi connectivity index (χ0n) is 8.68. The van der Waals surface area contributed by atoms with Gasteiger partial charge in [0.25, 0.3) is 0 Å². The Bertz CT molecular complexity index is 276. The van der Waals surface area contributed by atoms with E-state index in [4.69, 9.17) is 0 Å². The number of nitrogens with one attached hydrogen (secondary N) is 2. The van der Waals surface area contributed by atoms with Crippen molar-refractivity contribution in [3.05, 3.63) is 35.6 Å². The summed E-state index contributed by atoms with van der Waals surface area (Å²) in [5.74, 6) is -0.136. The van der Waals surface area contributed by atoms with E-state index in [-0.39, 0.29) is 11.9 Å². The number of benzene rings is 1. The van der Waals surface area contributed by atoms with Crippen LogP contribution in [0.15, 0.2) is 24.3 Å². The van der Waals surface area contributed by atoms with Gasteiger partial charge in [-0.15, -0.1) is 0 Å². The van der Waals surface area contributed by atoms with E-state index in [9.17, 15) is 4.39 Å². The van der Waals surface area contributed by atoms with Gasteiger partial charge in [-0.25, -0.2) is 4.39 Å². The molecule has 2 N–H and O–H groups in total. The lowest BCUT2D eigenvalue weighted by Crippen LogP contribution is -2.22. The van der Waals surface area contributed by atoms with Gasteiger partial charge in [0.2, 0.25) is 0 Å². The van der Waals surface area contributed by atoms with E-state index in [1.807, 2.05) is 26.2 Å². The third-order valence-electron chi connectivity index (χ3n) is 2.31. The maximum atomic E-state index is 13.4. The fourth-order valence-corrected chi connectivity index (χ4v) is 1.50. The summed E-state index contributed by atoms with van der Waals surface area (Å²) in [6.07, 6.45) is 0.883. The van der Waals surface area contributed by atoms with E-state index < -0.39 is 0 Å². The van der Waals surface area contributed by atoms with Crippen molar-refractivity contribution in [2.45, 2.75) is 12.5 Å². The SMILES string of the molecule is CNCCC(NC)c1ccccc1F. The number of halogens is 1. The maximum absolute atomic E-state index is 13.4. The van der Waals surface area contributed by atoms with Gasteiger partial charge in [-0.05, 0) is 33.1 Å². The molecule has 0 radical (unpaired) electrons. The van der Waals surface area contributed by atoms with Gasteiger partial charge in [0.15, 0.2) is 0 Å². The van der Waals surface area contributed by atoms with Gasteiger partial charge >= 0.3 is 0 Å². The normalized spacial score (nSPS) is 12.8. The zero-order valence-corrected chi connectivity index (χ0v) is 8.68. The first kappa shape index (κ1) is 11.1. The molecule has 0 fully saturated rings. The Morgan fingerprint density at radius 1 is 1.29 bits per heavy atom. The number of hydrogen-bond donors (Lipinski definition) is 2. The molecule has 3 heteroatoms. The molecule has 1 rings (SSSR count). The van der Waals surface area contributed by atoms with Crippen molar-refractivity contribution in [1.29, 1.82) is 0 Å². The molecule has 0 aromatic heterocycles. The van der Waals surface area contributed by atoms with Crippen molar-refractivity contribution in [3.63, 3.8) is 0 Å². The predicted molar refractivity (Wildman–Crippen MR) is 56.7 cm³/mol. The second kappa shape index (κ2) is 5.73. The highest BCUT2D eigenvalue weighted by Gasteiger charge is 2.11. The summed E-state index contributed by atoms with van der Waals surface area (Å²) in [7, 11) is 3.75. The second-order valence-electron chi connectivity index (χ2n) is 3.26. The Labute approximate surface area is 84.5 Å². The van der Waals surface area contributed by atoms with Crippen LogP contribution in [0.2, 0.25) is 0 Å². The largest absolute Gasteiger partial charge is 0.320 e. The molecule has 0 aliphatic rings. The fraction of sp³-hybridized carbons (Fsp3) is 0.455. The van der Waals surface area contributed by atoms with E-state index in [0.717, 1.165) is 18.5 Å². The molecule has 1 aromatic rings. The summed E-state index contributed by atoms with van der Waals surface area (Å²) in [5.41, 5.74) is 0.741. The summed E-state index contributed by atoms with van der Waals surface area (Å²) in [4.78, 5) is 0. The zero-order chi connectivity index (χ0) is 10.4. The first-order chi connectivity index (χ1) is 6.79.